The molecule has 0 aliphatic carbocycles. The van der Waals surface area contributed by atoms with Crippen molar-refractivity contribution in [2.24, 2.45) is 0 Å². The van der Waals surface area contributed by atoms with Crippen LogP contribution >= 0.6 is 57.4 Å². The third kappa shape index (κ3) is 4.84. The summed E-state index contributed by atoms with van der Waals surface area (Å²) in [5, 5.41) is 23.6. The van der Waals surface area contributed by atoms with E-state index in [1.807, 2.05) is 22.6 Å². The Hall–Kier alpha value is -1.98. The summed E-state index contributed by atoms with van der Waals surface area (Å²) < 4.78 is 0.713. The molecular formula is C22H14Cl3IN2O2. The molecule has 1 atom stereocenters. The maximum atomic E-state index is 12.7. The van der Waals surface area contributed by atoms with Gasteiger partial charge in [-0.05, 0) is 76.5 Å². The Morgan fingerprint density at radius 2 is 1.77 bits per heavy atom. The van der Waals surface area contributed by atoms with E-state index in [2.05, 4.69) is 11.4 Å². The standard InChI is InChI=1S/C22H14Cl3IN2O2/c1-11-6-15(17(10-27)12-2-4-13(23)5-3-12)18(24)9-20(11)28-22(30)16-7-14(26)8-19(25)21(16)29/h2-9,17,29H,1H3,(H,28,30). The summed E-state index contributed by atoms with van der Waals surface area (Å²) in [5.41, 5.74) is 2.63. The number of benzene rings is 3. The lowest BCUT2D eigenvalue weighted by Gasteiger charge is -2.16. The number of nitrogens with zero attached hydrogens (tertiary/aromatic N) is 1. The first kappa shape index (κ1) is 22.7. The van der Waals surface area contributed by atoms with E-state index in [9.17, 15) is 15.2 Å². The number of phenols is 1. The highest BCUT2D eigenvalue weighted by atomic mass is 127. The number of amides is 1. The molecule has 2 N–H and O–H groups in total. The normalized spacial score (nSPS) is 11.6. The molecule has 0 heterocycles. The van der Waals surface area contributed by atoms with Gasteiger partial charge in [0.15, 0.2) is 0 Å². The second kappa shape index (κ2) is 9.44. The van der Waals surface area contributed by atoms with Crippen molar-refractivity contribution in [3.05, 3.63) is 89.4 Å². The highest BCUT2D eigenvalue weighted by Crippen LogP contribution is 2.35. The maximum absolute atomic E-state index is 12.7. The van der Waals surface area contributed by atoms with Gasteiger partial charge in [0.1, 0.15) is 5.75 Å². The Kier molecular flexibility index (Phi) is 7.14. The first-order valence-corrected chi connectivity index (χ1v) is 10.9. The first-order valence-electron chi connectivity index (χ1n) is 8.65. The number of phenolic OH excluding ortho intramolecular Hbond substituents is 1. The molecule has 0 fully saturated rings. The molecule has 3 aromatic carbocycles. The lowest BCUT2D eigenvalue weighted by atomic mass is 9.91. The summed E-state index contributed by atoms with van der Waals surface area (Å²) >= 11 is 20.4. The molecule has 0 saturated heterocycles. The molecule has 1 amide bonds. The molecule has 4 nitrogen and oxygen atoms in total. The van der Waals surface area contributed by atoms with Gasteiger partial charge in [-0.2, -0.15) is 5.26 Å². The Bertz CT molecular complexity index is 1170. The van der Waals surface area contributed by atoms with Crippen LogP contribution < -0.4 is 5.32 Å². The van der Waals surface area contributed by atoms with E-state index in [4.69, 9.17) is 34.8 Å². The van der Waals surface area contributed by atoms with Crippen LogP contribution in [0.1, 0.15) is 33.0 Å². The largest absolute Gasteiger partial charge is 0.506 e. The quantitative estimate of drug-likeness (QED) is 0.326. The predicted octanol–water partition coefficient (Wildman–Crippen LogP) is 7.17. The number of nitrogens with one attached hydrogen (secondary N) is 1. The lowest BCUT2D eigenvalue weighted by Crippen LogP contribution is -2.14. The van der Waals surface area contributed by atoms with E-state index in [0.29, 0.717) is 30.4 Å². The minimum atomic E-state index is -0.586. The third-order valence-corrected chi connectivity index (χ3v) is 6.00. The molecule has 0 aliphatic heterocycles. The van der Waals surface area contributed by atoms with E-state index in [-0.39, 0.29) is 16.3 Å². The molecule has 0 saturated carbocycles. The zero-order chi connectivity index (χ0) is 22.0. The van der Waals surface area contributed by atoms with Gasteiger partial charge in [-0.3, -0.25) is 4.79 Å². The number of halogens is 4. The summed E-state index contributed by atoms with van der Waals surface area (Å²) in [7, 11) is 0. The SMILES string of the molecule is Cc1cc(C(C#N)c2ccc(Cl)cc2)c(Cl)cc1NC(=O)c1cc(I)cc(Cl)c1O. The summed E-state index contributed by atoms with van der Waals surface area (Å²) in [5.74, 6) is -1.40. The molecular weight excluding hydrogens is 558 g/mol. The second-order valence-electron chi connectivity index (χ2n) is 6.54. The molecule has 0 aromatic heterocycles. The second-order valence-corrected chi connectivity index (χ2v) is 9.04. The van der Waals surface area contributed by atoms with E-state index in [1.165, 1.54) is 6.07 Å². The number of aryl methyl sites for hydroxylation is 1. The number of rotatable bonds is 4. The zero-order valence-electron chi connectivity index (χ0n) is 15.5. The van der Waals surface area contributed by atoms with Crippen LogP contribution in [0.5, 0.6) is 5.75 Å². The van der Waals surface area contributed by atoms with E-state index in [0.717, 1.165) is 5.56 Å². The van der Waals surface area contributed by atoms with Crippen LogP contribution in [-0.2, 0) is 0 Å². The Labute approximate surface area is 202 Å². The average molecular weight is 572 g/mol. The molecule has 3 rings (SSSR count). The minimum Gasteiger partial charge on any atom is -0.506 e. The monoisotopic (exact) mass is 570 g/mol. The highest BCUT2D eigenvalue weighted by molar-refractivity contribution is 14.1. The first-order chi connectivity index (χ1) is 14.2. The maximum Gasteiger partial charge on any atom is 0.259 e. The number of hydrogen-bond donors (Lipinski definition) is 2. The fourth-order valence-electron chi connectivity index (χ4n) is 2.97. The van der Waals surface area contributed by atoms with Crippen LogP contribution in [0, 0.1) is 21.8 Å². The van der Waals surface area contributed by atoms with Crippen LogP contribution in [0.3, 0.4) is 0 Å². The molecule has 3 aromatic rings. The summed E-state index contributed by atoms with van der Waals surface area (Å²) in [6.07, 6.45) is 0. The summed E-state index contributed by atoms with van der Waals surface area (Å²) in [6.45, 7) is 1.80. The van der Waals surface area contributed by atoms with Gasteiger partial charge in [-0.15, -0.1) is 0 Å². The number of carbonyl (C=O) groups excluding carboxylic acids is 1. The van der Waals surface area contributed by atoms with Gasteiger partial charge in [0.2, 0.25) is 0 Å². The molecule has 30 heavy (non-hydrogen) atoms. The van der Waals surface area contributed by atoms with E-state index >= 15 is 0 Å². The Morgan fingerprint density at radius 1 is 1.10 bits per heavy atom. The zero-order valence-corrected chi connectivity index (χ0v) is 19.9. The van der Waals surface area contributed by atoms with Crippen molar-refractivity contribution in [1.82, 2.24) is 0 Å². The van der Waals surface area contributed by atoms with Gasteiger partial charge in [-0.1, -0.05) is 53.0 Å². The number of aromatic hydroxyl groups is 1. The highest BCUT2D eigenvalue weighted by Gasteiger charge is 2.20. The molecule has 0 bridgehead atoms. The van der Waals surface area contributed by atoms with Crippen LogP contribution in [0.15, 0.2) is 48.5 Å². The molecule has 152 valence electrons. The van der Waals surface area contributed by atoms with Crippen LogP contribution in [0.4, 0.5) is 5.69 Å². The lowest BCUT2D eigenvalue weighted by molar-refractivity contribution is 0.102. The Morgan fingerprint density at radius 3 is 2.40 bits per heavy atom. The number of anilines is 1. The van der Waals surface area contributed by atoms with Gasteiger partial charge < -0.3 is 10.4 Å². The number of nitriles is 1. The van der Waals surface area contributed by atoms with Crippen molar-refractivity contribution < 1.29 is 9.90 Å². The average Bonchev–Trinajstić information content (AvgIpc) is 2.70. The van der Waals surface area contributed by atoms with Crippen LogP contribution in [-0.4, -0.2) is 11.0 Å². The van der Waals surface area contributed by atoms with Crippen molar-refractivity contribution in [2.45, 2.75) is 12.8 Å². The van der Waals surface area contributed by atoms with Crippen LogP contribution in [0.2, 0.25) is 15.1 Å². The fraction of sp³-hybridized carbons (Fsp3) is 0.0909. The third-order valence-electron chi connectivity index (χ3n) is 4.51. The van der Waals surface area contributed by atoms with E-state index in [1.54, 1.807) is 49.4 Å². The summed E-state index contributed by atoms with van der Waals surface area (Å²) in [6, 6.07) is 15.7. The van der Waals surface area contributed by atoms with Gasteiger partial charge in [0, 0.05) is 19.3 Å². The molecule has 1 unspecified atom stereocenters. The van der Waals surface area contributed by atoms with Crippen molar-refractivity contribution in [3.63, 3.8) is 0 Å². The molecule has 8 heteroatoms. The van der Waals surface area contributed by atoms with Crippen LogP contribution in [0.25, 0.3) is 0 Å². The van der Waals surface area contributed by atoms with Crippen molar-refractivity contribution in [3.8, 4) is 11.8 Å². The van der Waals surface area contributed by atoms with Gasteiger partial charge >= 0.3 is 0 Å². The van der Waals surface area contributed by atoms with Gasteiger partial charge in [-0.25, -0.2) is 0 Å². The fourth-order valence-corrected chi connectivity index (χ4v) is 4.39. The number of hydrogen-bond acceptors (Lipinski definition) is 3. The van der Waals surface area contributed by atoms with Gasteiger partial charge in [0.25, 0.3) is 5.91 Å². The number of carbonyl (C=O) groups is 1. The topological polar surface area (TPSA) is 73.1 Å². The van der Waals surface area contributed by atoms with Crippen molar-refractivity contribution in [2.75, 3.05) is 5.32 Å². The Balaban J connectivity index is 1.94. The predicted molar refractivity (Wildman–Crippen MR) is 129 cm³/mol. The van der Waals surface area contributed by atoms with Crippen molar-refractivity contribution in [1.29, 1.82) is 5.26 Å². The van der Waals surface area contributed by atoms with E-state index < -0.39 is 11.8 Å². The molecule has 0 aliphatic rings. The van der Waals surface area contributed by atoms with Crippen molar-refractivity contribution >= 4 is 69.0 Å². The van der Waals surface area contributed by atoms with Gasteiger partial charge in [0.05, 0.1) is 22.6 Å². The molecule has 0 spiro atoms. The smallest absolute Gasteiger partial charge is 0.259 e. The summed E-state index contributed by atoms with van der Waals surface area (Å²) in [4.78, 5) is 12.7. The molecule has 0 radical (unpaired) electrons. The minimum absolute atomic E-state index is 0.0579.